The largest absolute Gasteiger partial charge is 0.507 e. The minimum absolute atomic E-state index is 0.371. The lowest BCUT2D eigenvalue weighted by molar-refractivity contribution is 0.481. The van der Waals surface area contributed by atoms with Crippen LogP contribution >= 0.6 is 0 Å². The van der Waals surface area contributed by atoms with Gasteiger partial charge in [-0.05, 0) is 41.3 Å². The highest BCUT2D eigenvalue weighted by Gasteiger charge is 2.22. The van der Waals surface area contributed by atoms with Crippen molar-refractivity contribution in [3.63, 3.8) is 0 Å². The van der Waals surface area contributed by atoms with Crippen molar-refractivity contribution >= 4 is 10.8 Å². The Morgan fingerprint density at radius 3 is 2.56 bits per heavy atom. The van der Waals surface area contributed by atoms with Crippen molar-refractivity contribution in [3.8, 4) is 5.75 Å². The number of phenols is 1. The van der Waals surface area contributed by atoms with E-state index in [9.17, 15) is 5.11 Å². The van der Waals surface area contributed by atoms with Gasteiger partial charge in [0.1, 0.15) is 5.75 Å². The van der Waals surface area contributed by atoms with Gasteiger partial charge in [0.2, 0.25) is 0 Å². The summed E-state index contributed by atoms with van der Waals surface area (Å²) in [4.78, 5) is 0. The topological polar surface area (TPSA) is 46.2 Å². The van der Waals surface area contributed by atoms with E-state index in [-0.39, 0.29) is 0 Å². The Bertz CT molecular complexity index is 571. The van der Waals surface area contributed by atoms with Crippen LogP contribution in [0.5, 0.6) is 5.75 Å². The molecule has 2 aromatic carbocycles. The predicted molar refractivity (Wildman–Crippen MR) is 74.7 cm³/mol. The molecule has 0 atom stereocenters. The van der Waals surface area contributed by atoms with E-state index in [1.807, 2.05) is 12.1 Å². The van der Waals surface area contributed by atoms with Crippen LogP contribution in [0.25, 0.3) is 10.8 Å². The van der Waals surface area contributed by atoms with E-state index in [4.69, 9.17) is 5.73 Å². The summed E-state index contributed by atoms with van der Waals surface area (Å²) < 4.78 is 0. The number of hydrogen-bond acceptors (Lipinski definition) is 2. The van der Waals surface area contributed by atoms with Gasteiger partial charge in [0.15, 0.2) is 0 Å². The summed E-state index contributed by atoms with van der Waals surface area (Å²) in [5, 5.41) is 12.1. The van der Waals surface area contributed by atoms with Gasteiger partial charge in [-0.2, -0.15) is 0 Å². The summed E-state index contributed by atoms with van der Waals surface area (Å²) in [7, 11) is 0. The van der Waals surface area contributed by atoms with Gasteiger partial charge >= 0.3 is 0 Å². The first kappa shape index (κ1) is 11.5. The highest BCUT2D eigenvalue weighted by atomic mass is 16.3. The van der Waals surface area contributed by atoms with Crippen LogP contribution in [-0.4, -0.2) is 5.11 Å². The van der Waals surface area contributed by atoms with Gasteiger partial charge in [-0.25, -0.2) is 0 Å². The Morgan fingerprint density at radius 2 is 1.83 bits per heavy atom. The number of aromatic hydroxyl groups is 1. The van der Waals surface area contributed by atoms with E-state index >= 15 is 0 Å². The first-order valence-electron chi connectivity index (χ1n) is 6.75. The normalized spacial score (nSPS) is 16.5. The molecule has 2 nitrogen and oxygen atoms in total. The molecule has 0 saturated heterocycles. The number of nitrogens with two attached hydrogens (primary N) is 1. The average molecular weight is 241 g/mol. The SMILES string of the molecule is NCc1ccc2c(O)cccc2c1C1CCCC1. The summed E-state index contributed by atoms with van der Waals surface area (Å²) in [5.41, 5.74) is 8.50. The molecular formula is C16H19NO. The van der Waals surface area contributed by atoms with Crippen molar-refractivity contribution < 1.29 is 5.11 Å². The fraction of sp³-hybridized carbons (Fsp3) is 0.375. The molecule has 3 N–H and O–H groups in total. The fourth-order valence-electron chi connectivity index (χ4n) is 3.28. The Balaban J connectivity index is 2.27. The molecule has 0 radical (unpaired) electrons. The molecule has 0 heterocycles. The smallest absolute Gasteiger partial charge is 0.123 e. The average Bonchev–Trinajstić information content (AvgIpc) is 2.91. The Morgan fingerprint density at radius 1 is 1.06 bits per heavy atom. The van der Waals surface area contributed by atoms with Gasteiger partial charge in [0, 0.05) is 11.9 Å². The van der Waals surface area contributed by atoms with Crippen molar-refractivity contribution in [1.29, 1.82) is 0 Å². The minimum Gasteiger partial charge on any atom is -0.507 e. The lowest BCUT2D eigenvalue weighted by Crippen LogP contribution is -2.05. The molecule has 18 heavy (non-hydrogen) atoms. The standard InChI is InChI=1S/C16H19NO/c17-10-12-8-9-13-14(6-3-7-15(13)18)16(12)11-4-1-2-5-11/h3,6-9,11,18H,1-2,4-5,10,17H2. The van der Waals surface area contributed by atoms with Crippen LogP contribution in [0.3, 0.4) is 0 Å². The summed E-state index contributed by atoms with van der Waals surface area (Å²) in [6.07, 6.45) is 5.12. The van der Waals surface area contributed by atoms with E-state index in [0.29, 0.717) is 18.2 Å². The molecule has 1 aliphatic rings. The summed E-state index contributed by atoms with van der Waals surface area (Å²) in [6.45, 7) is 0.581. The van der Waals surface area contributed by atoms with Crippen LogP contribution in [0, 0.1) is 0 Å². The van der Waals surface area contributed by atoms with Crippen molar-refractivity contribution in [3.05, 3.63) is 41.5 Å². The number of hydrogen-bond donors (Lipinski definition) is 2. The van der Waals surface area contributed by atoms with Crippen LogP contribution in [0.15, 0.2) is 30.3 Å². The van der Waals surface area contributed by atoms with Crippen LogP contribution in [0.1, 0.15) is 42.7 Å². The lowest BCUT2D eigenvalue weighted by atomic mass is 9.88. The molecule has 0 aromatic heterocycles. The molecule has 2 aromatic rings. The van der Waals surface area contributed by atoms with E-state index in [1.165, 1.54) is 42.2 Å². The molecule has 0 aliphatic heterocycles. The Labute approximate surface area is 107 Å². The molecule has 3 rings (SSSR count). The zero-order valence-corrected chi connectivity index (χ0v) is 10.5. The molecule has 94 valence electrons. The van der Waals surface area contributed by atoms with E-state index in [0.717, 1.165) is 5.39 Å². The maximum Gasteiger partial charge on any atom is 0.123 e. The van der Waals surface area contributed by atoms with Gasteiger partial charge in [-0.1, -0.05) is 37.1 Å². The number of benzene rings is 2. The Kier molecular flexibility index (Phi) is 2.96. The molecule has 1 aliphatic carbocycles. The van der Waals surface area contributed by atoms with Crippen LogP contribution in [0.2, 0.25) is 0 Å². The van der Waals surface area contributed by atoms with E-state index in [1.54, 1.807) is 6.07 Å². The fourth-order valence-corrected chi connectivity index (χ4v) is 3.28. The highest BCUT2D eigenvalue weighted by Crippen LogP contribution is 2.41. The molecule has 0 amide bonds. The molecule has 2 heteroatoms. The molecule has 1 saturated carbocycles. The quantitative estimate of drug-likeness (QED) is 0.842. The first-order chi connectivity index (χ1) is 8.81. The first-order valence-corrected chi connectivity index (χ1v) is 6.75. The molecule has 0 bridgehead atoms. The zero-order valence-electron chi connectivity index (χ0n) is 10.5. The Hall–Kier alpha value is -1.54. The molecule has 1 fully saturated rings. The molecular weight excluding hydrogens is 222 g/mol. The highest BCUT2D eigenvalue weighted by molar-refractivity contribution is 5.92. The van der Waals surface area contributed by atoms with Crippen molar-refractivity contribution in [2.45, 2.75) is 38.1 Å². The molecule has 0 spiro atoms. The third-order valence-corrected chi connectivity index (χ3v) is 4.15. The summed E-state index contributed by atoms with van der Waals surface area (Å²) >= 11 is 0. The number of phenolic OH excluding ortho intramolecular Hbond substituents is 1. The predicted octanol–water partition coefficient (Wildman–Crippen LogP) is 3.66. The second-order valence-corrected chi connectivity index (χ2v) is 5.20. The van der Waals surface area contributed by atoms with E-state index < -0.39 is 0 Å². The number of rotatable bonds is 2. The van der Waals surface area contributed by atoms with Gasteiger partial charge in [0.25, 0.3) is 0 Å². The summed E-state index contributed by atoms with van der Waals surface area (Å²) in [6, 6.07) is 9.86. The van der Waals surface area contributed by atoms with Crippen LogP contribution in [-0.2, 0) is 6.54 Å². The van der Waals surface area contributed by atoms with Crippen LogP contribution in [0.4, 0.5) is 0 Å². The van der Waals surface area contributed by atoms with Crippen molar-refractivity contribution in [2.24, 2.45) is 5.73 Å². The minimum atomic E-state index is 0.371. The third-order valence-electron chi connectivity index (χ3n) is 4.15. The van der Waals surface area contributed by atoms with Crippen LogP contribution < -0.4 is 5.73 Å². The van der Waals surface area contributed by atoms with Crippen molar-refractivity contribution in [1.82, 2.24) is 0 Å². The monoisotopic (exact) mass is 241 g/mol. The zero-order chi connectivity index (χ0) is 12.5. The van der Waals surface area contributed by atoms with Gasteiger partial charge in [-0.3, -0.25) is 0 Å². The second-order valence-electron chi connectivity index (χ2n) is 5.20. The maximum absolute atomic E-state index is 9.97. The second kappa shape index (κ2) is 4.62. The van der Waals surface area contributed by atoms with E-state index in [2.05, 4.69) is 12.1 Å². The third kappa shape index (κ3) is 1.77. The van der Waals surface area contributed by atoms with Gasteiger partial charge in [-0.15, -0.1) is 0 Å². The van der Waals surface area contributed by atoms with Gasteiger partial charge < -0.3 is 10.8 Å². The number of fused-ring (bicyclic) bond motifs is 1. The lowest BCUT2D eigenvalue weighted by Gasteiger charge is -2.18. The van der Waals surface area contributed by atoms with Gasteiger partial charge in [0.05, 0.1) is 0 Å². The summed E-state index contributed by atoms with van der Waals surface area (Å²) in [5.74, 6) is 0.990. The molecule has 0 unspecified atom stereocenters. The maximum atomic E-state index is 9.97. The van der Waals surface area contributed by atoms with Crippen molar-refractivity contribution in [2.75, 3.05) is 0 Å².